The van der Waals surface area contributed by atoms with Crippen molar-refractivity contribution >= 4 is 5.97 Å². The Morgan fingerprint density at radius 2 is 1.71 bits per heavy atom. The van der Waals surface area contributed by atoms with Crippen LogP contribution in [0.4, 0.5) is 0 Å². The lowest BCUT2D eigenvalue weighted by Gasteiger charge is -2.38. The summed E-state index contributed by atoms with van der Waals surface area (Å²) in [6.07, 6.45) is 5.94. The molecule has 0 saturated heterocycles. The summed E-state index contributed by atoms with van der Waals surface area (Å²) in [6, 6.07) is 11.2. The van der Waals surface area contributed by atoms with Gasteiger partial charge in [-0.05, 0) is 57.4 Å². The van der Waals surface area contributed by atoms with Crippen LogP contribution < -0.4 is 0 Å². The summed E-state index contributed by atoms with van der Waals surface area (Å²) >= 11 is 0. The van der Waals surface area contributed by atoms with Gasteiger partial charge in [-0.2, -0.15) is 0 Å². The van der Waals surface area contributed by atoms with Crippen molar-refractivity contribution in [2.24, 2.45) is 5.92 Å². The third-order valence-electron chi connectivity index (χ3n) is 5.63. The summed E-state index contributed by atoms with van der Waals surface area (Å²) in [7, 11) is 1.47. The zero-order chi connectivity index (χ0) is 20.2. The SMILES string of the molecule is CCOC(CN(Cc1ccccc1)[C@H]1CC[C@H](CCC(=O)OC)CC1)OCC. The monoisotopic (exact) mass is 391 g/mol. The zero-order valence-electron chi connectivity index (χ0n) is 17.8. The molecule has 0 unspecified atom stereocenters. The van der Waals surface area contributed by atoms with E-state index in [0.29, 0.717) is 31.6 Å². The lowest BCUT2D eigenvalue weighted by atomic mass is 9.82. The van der Waals surface area contributed by atoms with E-state index in [9.17, 15) is 4.79 Å². The van der Waals surface area contributed by atoms with E-state index in [1.807, 2.05) is 13.8 Å². The van der Waals surface area contributed by atoms with E-state index in [1.165, 1.54) is 25.5 Å². The predicted octanol–water partition coefficient (Wildman–Crippen LogP) is 4.40. The van der Waals surface area contributed by atoms with E-state index < -0.39 is 0 Å². The Morgan fingerprint density at radius 3 is 2.29 bits per heavy atom. The first kappa shape index (κ1) is 22.9. The van der Waals surface area contributed by atoms with Crippen molar-refractivity contribution in [3.8, 4) is 0 Å². The highest BCUT2D eigenvalue weighted by Gasteiger charge is 2.28. The third-order valence-corrected chi connectivity index (χ3v) is 5.63. The summed E-state index contributed by atoms with van der Waals surface area (Å²) in [5.41, 5.74) is 1.32. The molecule has 0 aromatic heterocycles. The zero-order valence-corrected chi connectivity index (χ0v) is 17.8. The van der Waals surface area contributed by atoms with Crippen molar-refractivity contribution in [3.05, 3.63) is 35.9 Å². The largest absolute Gasteiger partial charge is 0.469 e. The van der Waals surface area contributed by atoms with Crippen LogP contribution in [0.5, 0.6) is 0 Å². The fourth-order valence-electron chi connectivity index (χ4n) is 4.10. The van der Waals surface area contributed by atoms with E-state index in [4.69, 9.17) is 14.2 Å². The van der Waals surface area contributed by atoms with Crippen molar-refractivity contribution in [2.45, 2.75) is 71.2 Å². The molecule has 0 bridgehead atoms. The highest BCUT2D eigenvalue weighted by molar-refractivity contribution is 5.69. The first-order valence-corrected chi connectivity index (χ1v) is 10.7. The minimum atomic E-state index is -0.184. The summed E-state index contributed by atoms with van der Waals surface area (Å²) in [5.74, 6) is 0.535. The molecular weight excluding hydrogens is 354 g/mol. The van der Waals surface area contributed by atoms with Crippen LogP contribution in [0, 0.1) is 5.92 Å². The van der Waals surface area contributed by atoms with Crippen molar-refractivity contribution in [1.82, 2.24) is 4.90 Å². The molecule has 0 N–H and O–H groups in total. The Morgan fingerprint density at radius 1 is 1.07 bits per heavy atom. The van der Waals surface area contributed by atoms with Gasteiger partial charge in [0.15, 0.2) is 6.29 Å². The van der Waals surface area contributed by atoms with Crippen LogP contribution in [-0.2, 0) is 25.5 Å². The molecule has 1 aromatic carbocycles. The van der Waals surface area contributed by atoms with Crippen LogP contribution in [0.2, 0.25) is 0 Å². The van der Waals surface area contributed by atoms with Gasteiger partial charge in [-0.3, -0.25) is 9.69 Å². The predicted molar refractivity (Wildman–Crippen MR) is 111 cm³/mol. The second-order valence-electron chi connectivity index (χ2n) is 7.54. The first-order chi connectivity index (χ1) is 13.7. The normalized spacial score (nSPS) is 19.9. The molecule has 0 radical (unpaired) electrons. The molecule has 1 aliphatic rings. The van der Waals surface area contributed by atoms with E-state index in [1.54, 1.807) is 0 Å². The molecule has 1 aliphatic carbocycles. The topological polar surface area (TPSA) is 48.0 Å². The van der Waals surface area contributed by atoms with Gasteiger partial charge in [0.1, 0.15) is 0 Å². The summed E-state index contributed by atoms with van der Waals surface area (Å²) in [4.78, 5) is 13.9. The number of carbonyl (C=O) groups is 1. The number of rotatable bonds is 12. The molecular formula is C23H37NO4. The molecule has 5 heteroatoms. The molecule has 2 rings (SSSR count). The Bertz CT molecular complexity index is 537. The van der Waals surface area contributed by atoms with Gasteiger partial charge in [0.05, 0.1) is 13.7 Å². The lowest BCUT2D eigenvalue weighted by molar-refractivity contribution is -0.153. The van der Waals surface area contributed by atoms with E-state index in [2.05, 4.69) is 35.2 Å². The first-order valence-electron chi connectivity index (χ1n) is 10.7. The second kappa shape index (κ2) is 12.9. The molecule has 0 atom stereocenters. The summed E-state index contributed by atoms with van der Waals surface area (Å²) in [5, 5.41) is 0. The van der Waals surface area contributed by atoms with Gasteiger partial charge in [0, 0.05) is 32.2 Å². The standard InChI is InChI=1S/C23H37NO4/c1-4-27-23(28-5-2)18-24(17-20-9-7-6-8-10-20)21-14-11-19(12-15-21)13-16-22(25)26-3/h6-10,19,21,23H,4-5,11-18H2,1-3H3/t19-,21-. The molecule has 1 fully saturated rings. The number of ether oxygens (including phenoxy) is 3. The van der Waals surface area contributed by atoms with Gasteiger partial charge in [-0.1, -0.05) is 30.3 Å². The second-order valence-corrected chi connectivity index (χ2v) is 7.54. The van der Waals surface area contributed by atoms with Crippen molar-refractivity contribution in [2.75, 3.05) is 26.9 Å². The number of carbonyl (C=O) groups excluding carboxylic acids is 1. The Hall–Kier alpha value is -1.43. The van der Waals surface area contributed by atoms with Crippen molar-refractivity contribution < 1.29 is 19.0 Å². The number of benzene rings is 1. The van der Waals surface area contributed by atoms with E-state index in [0.717, 1.165) is 32.4 Å². The third kappa shape index (κ3) is 7.90. The molecule has 28 heavy (non-hydrogen) atoms. The Balaban J connectivity index is 1.95. The molecule has 1 saturated carbocycles. The van der Waals surface area contributed by atoms with Crippen LogP contribution in [0.25, 0.3) is 0 Å². The quantitative estimate of drug-likeness (QED) is 0.390. The van der Waals surface area contributed by atoms with Gasteiger partial charge in [0.2, 0.25) is 0 Å². The average Bonchev–Trinajstić information content (AvgIpc) is 2.73. The summed E-state index contributed by atoms with van der Waals surface area (Å²) < 4.78 is 16.4. The van der Waals surface area contributed by atoms with Crippen molar-refractivity contribution in [1.29, 1.82) is 0 Å². The number of esters is 1. The fourth-order valence-corrected chi connectivity index (χ4v) is 4.10. The van der Waals surface area contributed by atoms with Gasteiger partial charge >= 0.3 is 5.97 Å². The molecule has 1 aromatic rings. The van der Waals surface area contributed by atoms with Gasteiger partial charge in [-0.25, -0.2) is 0 Å². The smallest absolute Gasteiger partial charge is 0.305 e. The highest BCUT2D eigenvalue weighted by Crippen LogP contribution is 2.31. The minimum Gasteiger partial charge on any atom is -0.469 e. The maximum absolute atomic E-state index is 11.4. The lowest BCUT2D eigenvalue weighted by Crippen LogP contribution is -2.43. The molecule has 158 valence electrons. The molecule has 0 heterocycles. The van der Waals surface area contributed by atoms with E-state index in [-0.39, 0.29) is 12.3 Å². The number of methoxy groups -OCH3 is 1. The molecule has 5 nitrogen and oxygen atoms in total. The van der Waals surface area contributed by atoms with Crippen LogP contribution in [0.15, 0.2) is 30.3 Å². The molecule has 0 spiro atoms. The highest BCUT2D eigenvalue weighted by atomic mass is 16.7. The minimum absolute atomic E-state index is 0.0934. The van der Waals surface area contributed by atoms with Gasteiger partial charge < -0.3 is 14.2 Å². The van der Waals surface area contributed by atoms with Crippen molar-refractivity contribution in [3.63, 3.8) is 0 Å². The van der Waals surface area contributed by atoms with Crippen LogP contribution in [-0.4, -0.2) is 50.1 Å². The Labute approximate surface area is 170 Å². The fraction of sp³-hybridized carbons (Fsp3) is 0.696. The molecule has 0 amide bonds. The van der Waals surface area contributed by atoms with Crippen LogP contribution in [0.1, 0.15) is 57.9 Å². The number of nitrogens with zero attached hydrogens (tertiary/aromatic N) is 1. The van der Waals surface area contributed by atoms with Crippen LogP contribution in [0.3, 0.4) is 0 Å². The van der Waals surface area contributed by atoms with Gasteiger partial charge in [0.25, 0.3) is 0 Å². The van der Waals surface area contributed by atoms with E-state index >= 15 is 0 Å². The number of hydrogen-bond acceptors (Lipinski definition) is 5. The maximum atomic E-state index is 11.4. The summed E-state index contributed by atoms with van der Waals surface area (Å²) in [6.45, 7) is 7.04. The maximum Gasteiger partial charge on any atom is 0.305 e. The van der Waals surface area contributed by atoms with Gasteiger partial charge in [-0.15, -0.1) is 0 Å². The Kier molecular flexibility index (Phi) is 10.5. The van der Waals surface area contributed by atoms with Crippen LogP contribution >= 0.6 is 0 Å². The average molecular weight is 392 g/mol. The molecule has 0 aliphatic heterocycles. The number of hydrogen-bond donors (Lipinski definition) is 0.